The molecule has 0 radical (unpaired) electrons. The minimum absolute atomic E-state index is 0.186. The van der Waals surface area contributed by atoms with Gasteiger partial charge in [-0.2, -0.15) is 5.10 Å². The number of nitrogens with one attached hydrogen (secondary N) is 1. The molecule has 25 heavy (non-hydrogen) atoms. The van der Waals surface area contributed by atoms with E-state index in [1.54, 1.807) is 24.0 Å². The van der Waals surface area contributed by atoms with Crippen molar-refractivity contribution >= 4 is 11.7 Å². The lowest BCUT2D eigenvalue weighted by molar-refractivity contribution is 0.101. The van der Waals surface area contributed by atoms with Crippen LogP contribution in [0.15, 0.2) is 36.5 Å². The standard InChI is InChI=1S/C19H19N5O/c1-12-6-3-10-15(21-12)22-19(25)18-14-9-4-7-13-8-5-11-20-16(13)17(14)23-24(18)2/h3,5-6,8,10-11H,4,7,9H2,1-2H3,(H,21,22,25). The van der Waals surface area contributed by atoms with Crippen LogP contribution in [-0.4, -0.2) is 25.7 Å². The van der Waals surface area contributed by atoms with E-state index >= 15 is 0 Å². The highest BCUT2D eigenvalue weighted by molar-refractivity contribution is 6.04. The number of aryl methyl sites for hydroxylation is 3. The molecule has 126 valence electrons. The molecule has 0 saturated heterocycles. The maximum Gasteiger partial charge on any atom is 0.275 e. The van der Waals surface area contributed by atoms with Gasteiger partial charge in [-0.3, -0.25) is 14.5 Å². The van der Waals surface area contributed by atoms with E-state index in [0.29, 0.717) is 11.5 Å². The molecule has 3 aromatic heterocycles. The SMILES string of the molecule is Cc1cccc(NC(=O)c2c3c(nn2C)-c2ncccc2CCC3)n1. The molecule has 6 nitrogen and oxygen atoms in total. The van der Waals surface area contributed by atoms with E-state index in [-0.39, 0.29) is 5.91 Å². The van der Waals surface area contributed by atoms with Crippen LogP contribution >= 0.6 is 0 Å². The number of pyridine rings is 2. The number of nitrogens with zero attached hydrogens (tertiary/aromatic N) is 4. The first-order chi connectivity index (χ1) is 12.1. The van der Waals surface area contributed by atoms with Crippen LogP contribution in [0.2, 0.25) is 0 Å². The normalized spacial score (nSPS) is 12.9. The Kier molecular flexibility index (Phi) is 3.80. The van der Waals surface area contributed by atoms with Gasteiger partial charge >= 0.3 is 0 Å². The Balaban J connectivity index is 1.75. The van der Waals surface area contributed by atoms with Crippen LogP contribution in [0, 0.1) is 6.92 Å². The van der Waals surface area contributed by atoms with Crippen molar-refractivity contribution in [1.29, 1.82) is 0 Å². The van der Waals surface area contributed by atoms with Gasteiger partial charge in [-0.1, -0.05) is 12.1 Å². The van der Waals surface area contributed by atoms with Gasteiger partial charge in [-0.05, 0) is 49.9 Å². The van der Waals surface area contributed by atoms with Crippen molar-refractivity contribution in [2.45, 2.75) is 26.2 Å². The Bertz CT molecular complexity index is 960. The molecule has 1 N–H and O–H groups in total. The third kappa shape index (κ3) is 2.80. The van der Waals surface area contributed by atoms with E-state index in [1.165, 1.54) is 5.56 Å². The summed E-state index contributed by atoms with van der Waals surface area (Å²) < 4.78 is 1.65. The molecular formula is C19H19N5O. The zero-order valence-electron chi connectivity index (χ0n) is 14.3. The minimum atomic E-state index is -0.186. The molecule has 1 aliphatic carbocycles. The number of amides is 1. The van der Waals surface area contributed by atoms with E-state index < -0.39 is 0 Å². The molecule has 3 heterocycles. The van der Waals surface area contributed by atoms with E-state index in [9.17, 15) is 4.79 Å². The minimum Gasteiger partial charge on any atom is -0.305 e. The van der Waals surface area contributed by atoms with Crippen LogP contribution in [0.1, 0.15) is 33.7 Å². The second-order valence-electron chi connectivity index (χ2n) is 6.28. The molecule has 0 saturated carbocycles. The zero-order chi connectivity index (χ0) is 17.4. The summed E-state index contributed by atoms with van der Waals surface area (Å²) >= 11 is 0. The average molecular weight is 333 g/mol. The summed E-state index contributed by atoms with van der Waals surface area (Å²) in [5.74, 6) is 0.362. The Morgan fingerprint density at radius 2 is 2.04 bits per heavy atom. The molecule has 0 unspecified atom stereocenters. The molecule has 1 aliphatic rings. The summed E-state index contributed by atoms with van der Waals surface area (Å²) in [4.78, 5) is 21.7. The lowest BCUT2D eigenvalue weighted by atomic mass is 10.1. The summed E-state index contributed by atoms with van der Waals surface area (Å²) in [7, 11) is 1.80. The predicted octanol–water partition coefficient (Wildman–Crippen LogP) is 2.93. The summed E-state index contributed by atoms with van der Waals surface area (Å²) in [6.45, 7) is 1.90. The fraction of sp³-hybridized carbons (Fsp3) is 0.263. The van der Waals surface area contributed by atoms with Crippen LogP contribution < -0.4 is 5.32 Å². The lowest BCUT2D eigenvalue weighted by Gasteiger charge is -2.07. The quantitative estimate of drug-likeness (QED) is 0.782. The van der Waals surface area contributed by atoms with Crippen molar-refractivity contribution in [2.24, 2.45) is 7.05 Å². The summed E-state index contributed by atoms with van der Waals surface area (Å²) in [5, 5.41) is 7.49. The maximum atomic E-state index is 12.9. The number of rotatable bonds is 2. The summed E-state index contributed by atoms with van der Waals surface area (Å²) in [6.07, 6.45) is 4.51. The van der Waals surface area contributed by atoms with Crippen LogP contribution in [0.3, 0.4) is 0 Å². The van der Waals surface area contributed by atoms with Crippen molar-refractivity contribution in [3.05, 3.63) is 59.0 Å². The van der Waals surface area contributed by atoms with E-state index in [1.807, 2.05) is 25.1 Å². The molecule has 0 fully saturated rings. The Morgan fingerprint density at radius 3 is 2.88 bits per heavy atom. The molecule has 0 aliphatic heterocycles. The van der Waals surface area contributed by atoms with Crippen LogP contribution in [0.5, 0.6) is 0 Å². The van der Waals surface area contributed by atoms with Crippen molar-refractivity contribution in [3.63, 3.8) is 0 Å². The van der Waals surface area contributed by atoms with Crippen LogP contribution in [-0.2, 0) is 19.9 Å². The maximum absolute atomic E-state index is 12.9. The number of fused-ring (bicyclic) bond motifs is 3. The van der Waals surface area contributed by atoms with E-state index in [2.05, 4.69) is 26.4 Å². The van der Waals surface area contributed by atoms with Gasteiger partial charge in [0.05, 0.1) is 5.69 Å². The monoisotopic (exact) mass is 333 g/mol. The molecule has 4 rings (SSSR count). The van der Waals surface area contributed by atoms with Gasteiger partial charge in [0, 0.05) is 24.5 Å². The molecule has 0 atom stereocenters. The van der Waals surface area contributed by atoms with Gasteiger partial charge in [-0.15, -0.1) is 0 Å². The second-order valence-corrected chi connectivity index (χ2v) is 6.28. The zero-order valence-corrected chi connectivity index (χ0v) is 14.3. The van der Waals surface area contributed by atoms with Gasteiger partial charge in [-0.25, -0.2) is 4.98 Å². The molecule has 6 heteroatoms. The Morgan fingerprint density at radius 1 is 1.16 bits per heavy atom. The van der Waals surface area contributed by atoms with Gasteiger partial charge in [0.1, 0.15) is 17.2 Å². The number of hydrogen-bond donors (Lipinski definition) is 1. The first-order valence-electron chi connectivity index (χ1n) is 8.38. The largest absolute Gasteiger partial charge is 0.305 e. The van der Waals surface area contributed by atoms with Gasteiger partial charge in [0.25, 0.3) is 5.91 Å². The third-order valence-electron chi connectivity index (χ3n) is 4.48. The predicted molar refractivity (Wildman–Crippen MR) is 95.4 cm³/mol. The molecule has 0 spiro atoms. The highest BCUT2D eigenvalue weighted by Gasteiger charge is 2.26. The highest BCUT2D eigenvalue weighted by Crippen LogP contribution is 2.32. The first-order valence-corrected chi connectivity index (χ1v) is 8.38. The van der Waals surface area contributed by atoms with E-state index in [0.717, 1.165) is 41.9 Å². The van der Waals surface area contributed by atoms with Crippen molar-refractivity contribution in [3.8, 4) is 11.4 Å². The fourth-order valence-electron chi connectivity index (χ4n) is 3.38. The lowest BCUT2D eigenvalue weighted by Crippen LogP contribution is -2.18. The third-order valence-corrected chi connectivity index (χ3v) is 4.48. The summed E-state index contributed by atoms with van der Waals surface area (Å²) in [6, 6.07) is 9.60. The van der Waals surface area contributed by atoms with Crippen molar-refractivity contribution in [2.75, 3.05) is 5.32 Å². The highest BCUT2D eigenvalue weighted by atomic mass is 16.2. The summed E-state index contributed by atoms with van der Waals surface area (Å²) in [5.41, 5.74) is 5.30. The van der Waals surface area contributed by atoms with E-state index in [4.69, 9.17) is 0 Å². The molecule has 3 aromatic rings. The molecule has 0 aromatic carbocycles. The topological polar surface area (TPSA) is 72.7 Å². The number of carbonyl (C=O) groups is 1. The van der Waals surface area contributed by atoms with Crippen LogP contribution in [0.4, 0.5) is 5.82 Å². The Labute approximate surface area is 145 Å². The van der Waals surface area contributed by atoms with Gasteiger partial charge < -0.3 is 5.32 Å². The molecule has 0 bridgehead atoms. The van der Waals surface area contributed by atoms with Crippen molar-refractivity contribution in [1.82, 2.24) is 19.7 Å². The fourth-order valence-corrected chi connectivity index (χ4v) is 3.38. The molecule has 1 amide bonds. The van der Waals surface area contributed by atoms with Crippen molar-refractivity contribution < 1.29 is 4.79 Å². The number of carbonyl (C=O) groups excluding carboxylic acids is 1. The smallest absolute Gasteiger partial charge is 0.275 e. The molecular weight excluding hydrogens is 314 g/mol. The van der Waals surface area contributed by atoms with Crippen LogP contribution in [0.25, 0.3) is 11.4 Å². The van der Waals surface area contributed by atoms with Gasteiger partial charge in [0.2, 0.25) is 0 Å². The first kappa shape index (κ1) is 15.5. The van der Waals surface area contributed by atoms with Gasteiger partial charge in [0.15, 0.2) is 0 Å². The number of aromatic nitrogens is 4. The average Bonchev–Trinajstić information content (AvgIpc) is 2.81. The Hall–Kier alpha value is -3.02. The number of anilines is 1. The number of hydrogen-bond acceptors (Lipinski definition) is 4. The second kappa shape index (κ2) is 6.12.